The van der Waals surface area contributed by atoms with Gasteiger partial charge in [-0.1, -0.05) is 0 Å². The Balaban J connectivity index is 1.89. The first-order valence-electron chi connectivity index (χ1n) is 5.85. The number of nitrogens with zero attached hydrogens (tertiary/aromatic N) is 2. The van der Waals surface area contributed by atoms with Crippen LogP contribution in [-0.4, -0.2) is 30.7 Å². The lowest BCUT2D eigenvalue weighted by Crippen LogP contribution is -2.33. The highest BCUT2D eigenvalue weighted by molar-refractivity contribution is 9.10. The van der Waals surface area contributed by atoms with Crippen molar-refractivity contribution in [3.8, 4) is 0 Å². The first-order chi connectivity index (χ1) is 7.77. The molecule has 0 radical (unpaired) electrons. The fourth-order valence-corrected chi connectivity index (χ4v) is 3.52. The molecule has 3 atom stereocenters. The molecule has 16 heavy (non-hydrogen) atoms. The Labute approximate surface area is 104 Å². The van der Waals surface area contributed by atoms with Gasteiger partial charge in [0.05, 0.1) is 4.47 Å². The summed E-state index contributed by atoms with van der Waals surface area (Å²) in [5.41, 5.74) is 0. The highest BCUT2D eigenvalue weighted by Gasteiger charge is 2.42. The van der Waals surface area contributed by atoms with Crippen LogP contribution in [0, 0.1) is 11.8 Å². The molecular weight excluding hydrogens is 266 g/mol. The van der Waals surface area contributed by atoms with Crippen molar-refractivity contribution in [1.29, 1.82) is 0 Å². The van der Waals surface area contributed by atoms with Gasteiger partial charge in [0.15, 0.2) is 0 Å². The Morgan fingerprint density at radius 2 is 2.38 bits per heavy atom. The van der Waals surface area contributed by atoms with E-state index in [0.717, 1.165) is 41.8 Å². The van der Waals surface area contributed by atoms with Crippen molar-refractivity contribution in [1.82, 2.24) is 10.3 Å². The van der Waals surface area contributed by atoms with Gasteiger partial charge >= 0.3 is 0 Å². The molecule has 3 rings (SSSR count). The third kappa shape index (κ3) is 1.55. The zero-order valence-electron chi connectivity index (χ0n) is 9.36. The minimum absolute atomic E-state index is 0.589. The Kier molecular flexibility index (Phi) is 2.64. The van der Waals surface area contributed by atoms with Gasteiger partial charge in [0.2, 0.25) is 0 Å². The van der Waals surface area contributed by atoms with E-state index in [1.54, 1.807) is 0 Å². The minimum atomic E-state index is 0.589. The van der Waals surface area contributed by atoms with Gasteiger partial charge in [-0.2, -0.15) is 0 Å². The van der Waals surface area contributed by atoms with Gasteiger partial charge in [-0.15, -0.1) is 0 Å². The molecule has 0 spiro atoms. The number of anilines is 1. The van der Waals surface area contributed by atoms with Crippen LogP contribution in [0.5, 0.6) is 0 Å². The van der Waals surface area contributed by atoms with Crippen LogP contribution < -0.4 is 10.2 Å². The Morgan fingerprint density at radius 1 is 1.50 bits per heavy atom. The summed E-state index contributed by atoms with van der Waals surface area (Å²) in [6, 6.07) is 4.63. The van der Waals surface area contributed by atoms with Crippen molar-refractivity contribution in [2.45, 2.75) is 13.0 Å². The van der Waals surface area contributed by atoms with E-state index < -0.39 is 0 Å². The van der Waals surface area contributed by atoms with Crippen molar-refractivity contribution >= 4 is 21.7 Å². The SMILES string of the molecule is CC1C2CNCC2CN1c1ncccc1Br. The van der Waals surface area contributed by atoms with E-state index in [1.165, 1.54) is 0 Å². The molecule has 4 heteroatoms. The van der Waals surface area contributed by atoms with Crippen LogP contribution in [0.25, 0.3) is 0 Å². The molecule has 0 aliphatic carbocycles. The largest absolute Gasteiger partial charge is 0.352 e. The number of halogens is 1. The van der Waals surface area contributed by atoms with E-state index in [9.17, 15) is 0 Å². The monoisotopic (exact) mass is 281 g/mol. The van der Waals surface area contributed by atoms with E-state index in [1.807, 2.05) is 12.3 Å². The molecule has 0 aromatic carbocycles. The molecule has 0 amide bonds. The van der Waals surface area contributed by atoms with Gasteiger partial charge < -0.3 is 10.2 Å². The van der Waals surface area contributed by atoms with Crippen LogP contribution >= 0.6 is 15.9 Å². The lowest BCUT2D eigenvalue weighted by molar-refractivity contribution is 0.471. The number of rotatable bonds is 1. The second-order valence-corrected chi connectivity index (χ2v) is 5.64. The molecule has 2 fully saturated rings. The van der Waals surface area contributed by atoms with Crippen molar-refractivity contribution in [3.63, 3.8) is 0 Å². The predicted octanol–water partition coefficient (Wildman–Crippen LogP) is 1.89. The van der Waals surface area contributed by atoms with Gasteiger partial charge in [0.25, 0.3) is 0 Å². The maximum Gasteiger partial charge on any atom is 0.143 e. The quantitative estimate of drug-likeness (QED) is 0.852. The van der Waals surface area contributed by atoms with E-state index in [4.69, 9.17) is 0 Å². The molecule has 1 N–H and O–H groups in total. The molecule has 3 unspecified atom stereocenters. The predicted molar refractivity (Wildman–Crippen MR) is 68.6 cm³/mol. The Bertz CT molecular complexity index is 396. The number of pyridine rings is 1. The molecular formula is C12H16BrN3. The molecule has 0 bridgehead atoms. The summed E-state index contributed by atoms with van der Waals surface area (Å²) in [5.74, 6) is 2.68. The first kappa shape index (κ1) is 10.5. The highest BCUT2D eigenvalue weighted by Crippen LogP contribution is 2.37. The molecule has 3 heterocycles. The van der Waals surface area contributed by atoms with Gasteiger partial charge in [-0.3, -0.25) is 0 Å². The van der Waals surface area contributed by atoms with E-state index >= 15 is 0 Å². The first-order valence-corrected chi connectivity index (χ1v) is 6.64. The summed E-state index contributed by atoms with van der Waals surface area (Å²) in [7, 11) is 0. The molecule has 0 saturated carbocycles. The molecule has 2 aliphatic rings. The molecule has 3 nitrogen and oxygen atoms in total. The second kappa shape index (κ2) is 4.00. The van der Waals surface area contributed by atoms with E-state index in [-0.39, 0.29) is 0 Å². The number of hydrogen-bond acceptors (Lipinski definition) is 3. The normalized spacial score (nSPS) is 33.1. The summed E-state index contributed by atoms with van der Waals surface area (Å²) in [6.07, 6.45) is 1.87. The lowest BCUT2D eigenvalue weighted by Gasteiger charge is -2.26. The van der Waals surface area contributed by atoms with Gasteiger partial charge in [0.1, 0.15) is 5.82 Å². The Hall–Kier alpha value is -0.610. The fraction of sp³-hybridized carbons (Fsp3) is 0.583. The average Bonchev–Trinajstić information content (AvgIpc) is 2.83. The summed E-state index contributed by atoms with van der Waals surface area (Å²) >= 11 is 3.59. The smallest absolute Gasteiger partial charge is 0.143 e. The van der Waals surface area contributed by atoms with Crippen LogP contribution in [0.4, 0.5) is 5.82 Å². The zero-order valence-corrected chi connectivity index (χ0v) is 10.9. The van der Waals surface area contributed by atoms with Gasteiger partial charge in [-0.05, 0) is 46.8 Å². The number of nitrogens with one attached hydrogen (secondary N) is 1. The standard InChI is InChI=1S/C12H16BrN3/c1-8-10-6-14-5-9(10)7-16(8)12-11(13)3-2-4-15-12/h2-4,8-10,14H,5-7H2,1H3. The molecule has 86 valence electrons. The molecule has 1 aromatic rings. The summed E-state index contributed by atoms with van der Waals surface area (Å²) < 4.78 is 1.11. The van der Waals surface area contributed by atoms with Crippen LogP contribution in [0.15, 0.2) is 22.8 Å². The fourth-order valence-electron chi connectivity index (χ4n) is 3.04. The summed E-state index contributed by atoms with van der Waals surface area (Å²) in [4.78, 5) is 6.94. The van der Waals surface area contributed by atoms with E-state index in [0.29, 0.717) is 6.04 Å². The number of aromatic nitrogens is 1. The highest BCUT2D eigenvalue weighted by atomic mass is 79.9. The third-order valence-corrected chi connectivity index (χ3v) is 4.56. The van der Waals surface area contributed by atoms with Crippen molar-refractivity contribution in [2.75, 3.05) is 24.5 Å². The van der Waals surface area contributed by atoms with Gasteiger partial charge in [-0.25, -0.2) is 4.98 Å². The average molecular weight is 282 g/mol. The van der Waals surface area contributed by atoms with Crippen molar-refractivity contribution < 1.29 is 0 Å². The minimum Gasteiger partial charge on any atom is -0.352 e. The third-order valence-electron chi connectivity index (χ3n) is 3.95. The summed E-state index contributed by atoms with van der Waals surface area (Å²) in [6.45, 7) is 5.77. The molecule has 2 saturated heterocycles. The maximum atomic E-state index is 4.50. The van der Waals surface area contributed by atoms with Crippen LogP contribution in [0.1, 0.15) is 6.92 Å². The molecule has 2 aliphatic heterocycles. The van der Waals surface area contributed by atoms with Crippen LogP contribution in [0.3, 0.4) is 0 Å². The van der Waals surface area contributed by atoms with Gasteiger partial charge in [0, 0.05) is 31.9 Å². The maximum absolute atomic E-state index is 4.50. The number of hydrogen-bond donors (Lipinski definition) is 1. The summed E-state index contributed by atoms with van der Waals surface area (Å²) in [5, 5.41) is 3.48. The van der Waals surface area contributed by atoms with E-state index in [2.05, 4.69) is 44.1 Å². The van der Waals surface area contributed by atoms with Crippen LogP contribution in [0.2, 0.25) is 0 Å². The van der Waals surface area contributed by atoms with Crippen molar-refractivity contribution in [2.24, 2.45) is 11.8 Å². The van der Waals surface area contributed by atoms with Crippen LogP contribution in [-0.2, 0) is 0 Å². The Morgan fingerprint density at radius 3 is 3.12 bits per heavy atom. The number of fused-ring (bicyclic) bond motifs is 1. The zero-order chi connectivity index (χ0) is 11.1. The topological polar surface area (TPSA) is 28.2 Å². The molecule has 1 aromatic heterocycles. The lowest BCUT2D eigenvalue weighted by atomic mass is 9.95. The van der Waals surface area contributed by atoms with Crippen molar-refractivity contribution in [3.05, 3.63) is 22.8 Å². The second-order valence-electron chi connectivity index (χ2n) is 4.78.